The lowest BCUT2D eigenvalue weighted by Crippen LogP contribution is -2.28. The fourth-order valence-electron chi connectivity index (χ4n) is 1.14. The van der Waals surface area contributed by atoms with Gasteiger partial charge in [-0.2, -0.15) is 0 Å². The van der Waals surface area contributed by atoms with Crippen LogP contribution >= 0.6 is 23.4 Å². The van der Waals surface area contributed by atoms with E-state index in [-0.39, 0.29) is 12.5 Å². The molecule has 1 unspecified atom stereocenters. The Morgan fingerprint density at radius 1 is 1.50 bits per heavy atom. The van der Waals surface area contributed by atoms with Gasteiger partial charge in [0.1, 0.15) is 0 Å². The zero-order valence-corrected chi connectivity index (χ0v) is 11.7. The third-order valence-corrected chi connectivity index (χ3v) is 3.13. The average Bonchev–Trinajstić information content (AvgIpc) is 2.34. The second-order valence-electron chi connectivity index (χ2n) is 3.83. The highest BCUT2D eigenvalue weighted by atomic mass is 35.5. The summed E-state index contributed by atoms with van der Waals surface area (Å²) in [6, 6.07) is 7.60. The van der Waals surface area contributed by atoms with Crippen LogP contribution in [0, 0.1) is 0 Å². The van der Waals surface area contributed by atoms with E-state index < -0.39 is 6.10 Å². The molecule has 0 radical (unpaired) electrons. The highest BCUT2D eigenvalue weighted by molar-refractivity contribution is 8.01. The number of amides is 1. The number of hydrogen-bond donors (Lipinski definition) is 2. The van der Waals surface area contributed by atoms with Gasteiger partial charge in [0.25, 0.3) is 0 Å². The Labute approximate surface area is 116 Å². The fourth-order valence-corrected chi connectivity index (χ4v) is 1.97. The van der Waals surface area contributed by atoms with Crippen molar-refractivity contribution < 1.29 is 9.90 Å². The van der Waals surface area contributed by atoms with E-state index in [1.54, 1.807) is 12.3 Å². The smallest absolute Gasteiger partial charge is 0.244 e. The van der Waals surface area contributed by atoms with Gasteiger partial charge in [-0.25, -0.2) is 0 Å². The SMILES string of the molecule is CC(O)CNC(=O)/C=C\SCc1ccc(Cl)cc1. The Bertz CT molecular complexity index is 404. The molecule has 0 spiro atoms. The van der Waals surface area contributed by atoms with Crippen LogP contribution in [0.25, 0.3) is 0 Å². The highest BCUT2D eigenvalue weighted by Gasteiger charge is 1.98. The van der Waals surface area contributed by atoms with Crippen LogP contribution in [0.15, 0.2) is 35.7 Å². The van der Waals surface area contributed by atoms with Gasteiger partial charge in [-0.3, -0.25) is 4.79 Å². The van der Waals surface area contributed by atoms with Gasteiger partial charge in [0.15, 0.2) is 0 Å². The summed E-state index contributed by atoms with van der Waals surface area (Å²) in [6.07, 6.45) is 0.937. The third kappa shape index (κ3) is 6.69. The van der Waals surface area contributed by atoms with Crippen molar-refractivity contribution in [3.63, 3.8) is 0 Å². The molecule has 0 aliphatic rings. The number of carbonyl (C=O) groups is 1. The van der Waals surface area contributed by atoms with Crippen molar-refractivity contribution in [2.24, 2.45) is 0 Å². The number of carbonyl (C=O) groups excluding carboxylic acids is 1. The number of aliphatic hydroxyl groups excluding tert-OH is 1. The zero-order valence-electron chi connectivity index (χ0n) is 10.1. The number of rotatable bonds is 6. The molecule has 98 valence electrons. The minimum Gasteiger partial charge on any atom is -0.392 e. The van der Waals surface area contributed by atoms with E-state index in [0.717, 1.165) is 16.3 Å². The number of hydrogen-bond acceptors (Lipinski definition) is 3. The maximum absolute atomic E-state index is 11.3. The molecule has 1 aromatic carbocycles. The molecule has 18 heavy (non-hydrogen) atoms. The Morgan fingerprint density at radius 3 is 2.78 bits per heavy atom. The molecule has 0 saturated carbocycles. The molecule has 1 rings (SSSR count). The standard InChI is InChI=1S/C13H16ClNO2S/c1-10(16)8-15-13(17)6-7-18-9-11-2-4-12(14)5-3-11/h2-7,10,16H,8-9H2,1H3,(H,15,17)/b7-6-. The van der Waals surface area contributed by atoms with Crippen LogP contribution in [-0.4, -0.2) is 23.7 Å². The van der Waals surface area contributed by atoms with Gasteiger partial charge in [-0.15, -0.1) is 11.8 Å². The van der Waals surface area contributed by atoms with Crippen molar-refractivity contribution in [1.29, 1.82) is 0 Å². The summed E-state index contributed by atoms with van der Waals surface area (Å²) in [5, 5.41) is 14.0. The molecule has 0 fully saturated rings. The molecule has 1 aromatic rings. The predicted octanol–water partition coefficient (Wildman–Crippen LogP) is 2.58. The highest BCUT2D eigenvalue weighted by Crippen LogP contribution is 2.15. The number of aliphatic hydroxyl groups is 1. The molecule has 2 N–H and O–H groups in total. The van der Waals surface area contributed by atoms with E-state index in [1.165, 1.54) is 17.8 Å². The largest absolute Gasteiger partial charge is 0.392 e. The predicted molar refractivity (Wildman–Crippen MR) is 76.6 cm³/mol. The van der Waals surface area contributed by atoms with Gasteiger partial charge in [0.05, 0.1) is 6.10 Å². The average molecular weight is 286 g/mol. The Morgan fingerprint density at radius 2 is 2.17 bits per heavy atom. The first-order valence-corrected chi connectivity index (χ1v) is 6.99. The molecular weight excluding hydrogens is 270 g/mol. The molecule has 0 aliphatic heterocycles. The Hall–Kier alpha value is -0.970. The van der Waals surface area contributed by atoms with Crippen LogP contribution < -0.4 is 5.32 Å². The molecule has 0 aromatic heterocycles. The summed E-state index contributed by atoms with van der Waals surface area (Å²) in [7, 11) is 0. The van der Waals surface area contributed by atoms with Crippen LogP contribution in [0.2, 0.25) is 5.02 Å². The number of nitrogens with one attached hydrogen (secondary N) is 1. The normalized spacial score (nSPS) is 12.6. The fraction of sp³-hybridized carbons (Fsp3) is 0.308. The second kappa shape index (κ2) is 8.19. The number of thioether (sulfide) groups is 1. The molecule has 1 amide bonds. The van der Waals surface area contributed by atoms with Crippen LogP contribution in [0.4, 0.5) is 0 Å². The van der Waals surface area contributed by atoms with Crippen LogP contribution in [0.1, 0.15) is 12.5 Å². The molecule has 0 saturated heterocycles. The summed E-state index contributed by atoms with van der Waals surface area (Å²) in [6.45, 7) is 1.89. The first-order chi connectivity index (χ1) is 8.58. The lowest BCUT2D eigenvalue weighted by atomic mass is 10.2. The monoisotopic (exact) mass is 285 g/mol. The second-order valence-corrected chi connectivity index (χ2v) is 5.17. The van der Waals surface area contributed by atoms with E-state index in [0.29, 0.717) is 0 Å². The summed E-state index contributed by atoms with van der Waals surface area (Å²) in [5.41, 5.74) is 1.15. The maximum atomic E-state index is 11.3. The van der Waals surface area contributed by atoms with E-state index in [2.05, 4.69) is 5.32 Å². The van der Waals surface area contributed by atoms with Gasteiger partial charge < -0.3 is 10.4 Å². The number of halogens is 1. The lowest BCUT2D eigenvalue weighted by Gasteiger charge is -2.03. The zero-order chi connectivity index (χ0) is 13.4. The summed E-state index contributed by atoms with van der Waals surface area (Å²) in [4.78, 5) is 11.3. The van der Waals surface area contributed by atoms with Gasteiger partial charge in [0.2, 0.25) is 5.91 Å². The first kappa shape index (κ1) is 15.1. The number of benzene rings is 1. The van der Waals surface area contributed by atoms with Crippen molar-refractivity contribution in [3.05, 3.63) is 46.3 Å². The minimum atomic E-state index is -0.524. The van der Waals surface area contributed by atoms with Crippen LogP contribution in [0.5, 0.6) is 0 Å². The Kier molecular flexibility index (Phi) is 6.86. The quantitative estimate of drug-likeness (QED) is 0.790. The van der Waals surface area contributed by atoms with Gasteiger partial charge >= 0.3 is 0 Å². The molecule has 3 nitrogen and oxygen atoms in total. The first-order valence-electron chi connectivity index (χ1n) is 5.56. The van der Waals surface area contributed by atoms with Crippen LogP contribution in [0.3, 0.4) is 0 Å². The summed E-state index contributed by atoms with van der Waals surface area (Å²) in [5.74, 6) is 0.594. The van der Waals surface area contributed by atoms with Crippen molar-refractivity contribution in [1.82, 2.24) is 5.32 Å². The molecule has 1 atom stereocenters. The summed E-state index contributed by atoms with van der Waals surface area (Å²) >= 11 is 7.31. The van der Waals surface area contributed by atoms with E-state index in [9.17, 15) is 4.79 Å². The van der Waals surface area contributed by atoms with E-state index in [4.69, 9.17) is 16.7 Å². The van der Waals surface area contributed by atoms with Crippen molar-refractivity contribution in [2.75, 3.05) is 6.54 Å². The van der Waals surface area contributed by atoms with Crippen molar-refractivity contribution in [3.8, 4) is 0 Å². The maximum Gasteiger partial charge on any atom is 0.244 e. The van der Waals surface area contributed by atoms with Crippen molar-refractivity contribution >= 4 is 29.3 Å². The molecule has 0 heterocycles. The Balaban J connectivity index is 2.24. The van der Waals surface area contributed by atoms with Crippen LogP contribution in [-0.2, 0) is 10.5 Å². The molecule has 0 aliphatic carbocycles. The lowest BCUT2D eigenvalue weighted by molar-refractivity contribution is -0.116. The third-order valence-electron chi connectivity index (χ3n) is 2.05. The van der Waals surface area contributed by atoms with E-state index >= 15 is 0 Å². The molecular formula is C13H16ClNO2S. The topological polar surface area (TPSA) is 49.3 Å². The minimum absolute atomic E-state index is 0.195. The summed E-state index contributed by atoms with van der Waals surface area (Å²) < 4.78 is 0. The molecule has 5 heteroatoms. The molecule has 0 bridgehead atoms. The van der Waals surface area contributed by atoms with Gasteiger partial charge in [-0.1, -0.05) is 23.7 Å². The van der Waals surface area contributed by atoms with Gasteiger partial charge in [0, 0.05) is 23.4 Å². The van der Waals surface area contributed by atoms with E-state index in [1.807, 2.05) is 24.3 Å². The van der Waals surface area contributed by atoms with Gasteiger partial charge in [-0.05, 0) is 30.0 Å². The van der Waals surface area contributed by atoms with Crippen molar-refractivity contribution in [2.45, 2.75) is 18.8 Å².